The van der Waals surface area contributed by atoms with Crippen LogP contribution in [0.1, 0.15) is 16.7 Å². The summed E-state index contributed by atoms with van der Waals surface area (Å²) in [4.78, 5) is 0. The van der Waals surface area contributed by atoms with Crippen molar-refractivity contribution in [2.45, 2.75) is 33.9 Å². The average Bonchev–Trinajstić information content (AvgIpc) is 1.82. The third kappa shape index (κ3) is 1.78. The molecule has 1 aromatic rings. The molecule has 0 N–H and O–H groups in total. The zero-order valence-electron chi connectivity index (χ0n) is 8.73. The second-order valence-corrected chi connectivity index (χ2v) is 6.85. The molecule has 0 fully saturated rings. The van der Waals surface area contributed by atoms with Crippen molar-refractivity contribution >= 4 is 14.0 Å². The third-order valence-corrected chi connectivity index (χ3v) is 4.38. The molecule has 0 heterocycles. The van der Waals surface area contributed by atoms with E-state index in [1.54, 1.807) is 5.19 Å². The van der Waals surface area contributed by atoms with Crippen LogP contribution in [0.5, 0.6) is 0 Å². The van der Waals surface area contributed by atoms with Crippen molar-refractivity contribution in [1.29, 1.82) is 0 Å². The number of hydrogen-bond acceptors (Lipinski definition) is 0. The minimum atomic E-state index is -0.628. The zero-order valence-corrected chi connectivity index (χ0v) is 9.89. The topological polar surface area (TPSA) is 0 Å². The Labute approximate surface area is 77.2 Å². The van der Waals surface area contributed by atoms with Crippen molar-refractivity contribution < 1.29 is 0 Å². The van der Waals surface area contributed by atoms with Gasteiger partial charge < -0.3 is 0 Å². The highest BCUT2D eigenvalue weighted by atomic mass is 28.3. The molecule has 0 radical (unpaired) electrons. The molecular formula is C11H18Si. The minimum absolute atomic E-state index is 0.628. The lowest BCUT2D eigenvalue weighted by Crippen LogP contribution is -2.28. The highest BCUT2D eigenvalue weighted by Gasteiger charge is 2.07. The van der Waals surface area contributed by atoms with Crippen molar-refractivity contribution in [3.05, 3.63) is 28.8 Å². The molecule has 0 saturated heterocycles. The van der Waals surface area contributed by atoms with Crippen LogP contribution in [0.3, 0.4) is 0 Å². The predicted molar refractivity (Wildman–Crippen MR) is 59.2 cm³/mol. The van der Waals surface area contributed by atoms with Crippen LogP contribution in [0.2, 0.25) is 13.1 Å². The summed E-state index contributed by atoms with van der Waals surface area (Å²) in [6, 6.07) is 4.60. The van der Waals surface area contributed by atoms with E-state index in [4.69, 9.17) is 0 Å². The standard InChI is InChI=1S/C11H18Si/c1-8-6-9(2)11(12(4)5)10(3)7-8/h6-7,12H,1-5H3. The highest BCUT2D eigenvalue weighted by molar-refractivity contribution is 6.71. The summed E-state index contributed by atoms with van der Waals surface area (Å²) in [5, 5.41) is 1.65. The van der Waals surface area contributed by atoms with Crippen molar-refractivity contribution in [3.8, 4) is 0 Å². The van der Waals surface area contributed by atoms with Crippen molar-refractivity contribution in [2.24, 2.45) is 0 Å². The Morgan fingerprint density at radius 1 is 0.917 bits per heavy atom. The second-order valence-electron chi connectivity index (χ2n) is 3.97. The van der Waals surface area contributed by atoms with E-state index >= 15 is 0 Å². The van der Waals surface area contributed by atoms with Crippen LogP contribution in [-0.2, 0) is 0 Å². The van der Waals surface area contributed by atoms with E-state index < -0.39 is 8.80 Å². The first-order chi connectivity index (χ1) is 5.52. The lowest BCUT2D eigenvalue weighted by molar-refractivity contribution is 1.35. The van der Waals surface area contributed by atoms with E-state index in [2.05, 4.69) is 46.0 Å². The fourth-order valence-electron chi connectivity index (χ4n) is 2.10. The summed E-state index contributed by atoms with van der Waals surface area (Å²) in [6.07, 6.45) is 0. The van der Waals surface area contributed by atoms with Crippen molar-refractivity contribution in [2.75, 3.05) is 0 Å². The maximum Gasteiger partial charge on any atom is 0.0654 e. The Bertz CT molecular complexity index is 264. The molecule has 0 aliphatic heterocycles. The van der Waals surface area contributed by atoms with Gasteiger partial charge in [0.25, 0.3) is 0 Å². The van der Waals surface area contributed by atoms with E-state index in [1.165, 1.54) is 16.7 Å². The molecule has 66 valence electrons. The fraction of sp³-hybridized carbons (Fsp3) is 0.455. The van der Waals surface area contributed by atoms with Crippen LogP contribution in [0, 0.1) is 20.8 Å². The molecule has 1 aromatic carbocycles. The van der Waals surface area contributed by atoms with E-state index in [0.29, 0.717) is 0 Å². The van der Waals surface area contributed by atoms with E-state index in [1.807, 2.05) is 0 Å². The monoisotopic (exact) mass is 178 g/mol. The molecule has 0 amide bonds. The Morgan fingerprint density at radius 2 is 1.33 bits per heavy atom. The third-order valence-electron chi connectivity index (χ3n) is 2.32. The van der Waals surface area contributed by atoms with Crippen LogP contribution in [0.25, 0.3) is 0 Å². The first-order valence-electron chi connectivity index (χ1n) is 4.60. The SMILES string of the molecule is Cc1cc(C)c([SiH](C)C)c(C)c1. The van der Waals surface area contributed by atoms with E-state index in [-0.39, 0.29) is 0 Å². The van der Waals surface area contributed by atoms with Crippen molar-refractivity contribution in [3.63, 3.8) is 0 Å². The molecule has 0 saturated carbocycles. The van der Waals surface area contributed by atoms with Gasteiger partial charge in [-0.25, -0.2) is 0 Å². The number of hydrogen-bond donors (Lipinski definition) is 0. The molecule has 1 rings (SSSR count). The molecule has 0 aliphatic carbocycles. The summed E-state index contributed by atoms with van der Waals surface area (Å²) in [5.41, 5.74) is 4.38. The van der Waals surface area contributed by atoms with Crippen LogP contribution >= 0.6 is 0 Å². The molecule has 0 aromatic heterocycles. The summed E-state index contributed by atoms with van der Waals surface area (Å²) in [5.74, 6) is 0. The summed E-state index contributed by atoms with van der Waals surface area (Å²) >= 11 is 0. The predicted octanol–water partition coefficient (Wildman–Crippen LogP) is 2.31. The first kappa shape index (κ1) is 9.52. The van der Waals surface area contributed by atoms with Crippen LogP contribution < -0.4 is 5.19 Å². The number of rotatable bonds is 1. The van der Waals surface area contributed by atoms with Gasteiger partial charge in [0.1, 0.15) is 0 Å². The van der Waals surface area contributed by atoms with E-state index in [0.717, 1.165) is 0 Å². The van der Waals surface area contributed by atoms with E-state index in [9.17, 15) is 0 Å². The Hall–Kier alpha value is -0.563. The molecule has 0 unspecified atom stereocenters. The summed E-state index contributed by atoms with van der Waals surface area (Å²) in [6.45, 7) is 11.4. The lowest BCUT2D eigenvalue weighted by atomic mass is 10.1. The van der Waals surface area contributed by atoms with Crippen LogP contribution in [-0.4, -0.2) is 8.80 Å². The van der Waals surface area contributed by atoms with Gasteiger partial charge in [0, 0.05) is 0 Å². The lowest BCUT2D eigenvalue weighted by Gasteiger charge is -2.13. The molecule has 0 nitrogen and oxygen atoms in total. The molecule has 1 heteroatoms. The van der Waals surface area contributed by atoms with Gasteiger partial charge in [0.2, 0.25) is 0 Å². The molecule has 0 bridgehead atoms. The summed E-state index contributed by atoms with van der Waals surface area (Å²) < 4.78 is 0. The number of aryl methyl sites for hydroxylation is 3. The second kappa shape index (κ2) is 3.44. The van der Waals surface area contributed by atoms with Gasteiger partial charge in [-0.05, 0) is 20.8 Å². The van der Waals surface area contributed by atoms with Gasteiger partial charge in [-0.2, -0.15) is 0 Å². The largest absolute Gasteiger partial charge is 0.0682 e. The minimum Gasteiger partial charge on any atom is -0.0682 e. The maximum atomic E-state index is 2.39. The Morgan fingerprint density at radius 3 is 1.67 bits per heavy atom. The van der Waals surface area contributed by atoms with Gasteiger partial charge in [0.05, 0.1) is 8.80 Å². The number of benzene rings is 1. The smallest absolute Gasteiger partial charge is 0.0654 e. The summed E-state index contributed by atoms with van der Waals surface area (Å²) in [7, 11) is -0.628. The van der Waals surface area contributed by atoms with Gasteiger partial charge in [-0.15, -0.1) is 0 Å². The van der Waals surface area contributed by atoms with Crippen LogP contribution in [0.4, 0.5) is 0 Å². The molecule has 12 heavy (non-hydrogen) atoms. The maximum absolute atomic E-state index is 2.39. The van der Waals surface area contributed by atoms with Crippen LogP contribution in [0.15, 0.2) is 12.1 Å². The molecule has 0 atom stereocenters. The average molecular weight is 178 g/mol. The normalized spacial score (nSPS) is 10.8. The highest BCUT2D eigenvalue weighted by Crippen LogP contribution is 2.06. The van der Waals surface area contributed by atoms with Gasteiger partial charge in [-0.3, -0.25) is 0 Å². The van der Waals surface area contributed by atoms with Gasteiger partial charge >= 0.3 is 0 Å². The van der Waals surface area contributed by atoms with Crippen molar-refractivity contribution in [1.82, 2.24) is 0 Å². The zero-order chi connectivity index (χ0) is 9.30. The van der Waals surface area contributed by atoms with Gasteiger partial charge in [-0.1, -0.05) is 47.1 Å². The molecular weight excluding hydrogens is 160 g/mol. The quantitative estimate of drug-likeness (QED) is 0.579. The molecule has 0 aliphatic rings. The Kier molecular flexibility index (Phi) is 2.73. The molecule has 0 spiro atoms. The fourth-order valence-corrected chi connectivity index (χ4v) is 4.09. The Balaban J connectivity index is 3.28. The van der Waals surface area contributed by atoms with Gasteiger partial charge in [0.15, 0.2) is 0 Å². The first-order valence-corrected chi connectivity index (χ1v) is 7.48.